The van der Waals surface area contributed by atoms with E-state index in [2.05, 4.69) is 9.55 Å². The van der Waals surface area contributed by atoms with Gasteiger partial charge in [-0.15, -0.1) is 0 Å². The van der Waals surface area contributed by atoms with Crippen molar-refractivity contribution in [3.8, 4) is 11.4 Å². The highest BCUT2D eigenvalue weighted by molar-refractivity contribution is 5.96. The highest BCUT2D eigenvalue weighted by atomic mass is 16.4. The number of aromatic nitrogens is 2. The topological polar surface area (TPSA) is 55.1 Å². The van der Waals surface area contributed by atoms with Crippen LogP contribution in [0.3, 0.4) is 0 Å². The van der Waals surface area contributed by atoms with Crippen molar-refractivity contribution in [3.05, 3.63) is 54.1 Å². The molecule has 4 nitrogen and oxygen atoms in total. The second-order valence-electron chi connectivity index (χ2n) is 5.38. The predicted octanol–water partition coefficient (Wildman–Crippen LogP) is 3.74. The standard InChI is InChI=1S/C17H14N2O2/c20-17(21)13-6-2-1-5-12(13)16-18-14-7-3-4-8-15(14)19(16)11-9-10-11/h1-8,11H,9-10H2,(H,20,21). The van der Waals surface area contributed by atoms with Crippen LogP contribution < -0.4 is 0 Å². The molecular formula is C17H14N2O2. The summed E-state index contributed by atoms with van der Waals surface area (Å²) in [5.74, 6) is -0.156. The number of carboxylic acids is 1. The normalized spacial score (nSPS) is 14.5. The van der Waals surface area contributed by atoms with Crippen molar-refractivity contribution in [3.63, 3.8) is 0 Å². The third-order valence-electron chi connectivity index (χ3n) is 3.91. The Bertz CT molecular complexity index is 847. The van der Waals surface area contributed by atoms with Crippen LogP contribution in [0.15, 0.2) is 48.5 Å². The van der Waals surface area contributed by atoms with E-state index < -0.39 is 5.97 Å². The van der Waals surface area contributed by atoms with Gasteiger partial charge in [-0.05, 0) is 31.0 Å². The summed E-state index contributed by atoms with van der Waals surface area (Å²) in [5, 5.41) is 9.41. The molecule has 1 heterocycles. The first-order valence-electron chi connectivity index (χ1n) is 7.05. The lowest BCUT2D eigenvalue weighted by Gasteiger charge is -2.09. The summed E-state index contributed by atoms with van der Waals surface area (Å²) in [5.41, 5.74) is 2.98. The number of benzene rings is 2. The van der Waals surface area contributed by atoms with Crippen molar-refractivity contribution in [2.75, 3.05) is 0 Å². The lowest BCUT2D eigenvalue weighted by molar-refractivity contribution is 0.0697. The number of nitrogens with zero attached hydrogens (tertiary/aromatic N) is 2. The van der Waals surface area contributed by atoms with Crippen LogP contribution in [0.25, 0.3) is 22.4 Å². The van der Waals surface area contributed by atoms with Crippen LogP contribution in [0.1, 0.15) is 29.2 Å². The van der Waals surface area contributed by atoms with Crippen molar-refractivity contribution >= 4 is 17.0 Å². The SMILES string of the molecule is O=C(O)c1ccccc1-c1nc2ccccc2n1C1CC1. The quantitative estimate of drug-likeness (QED) is 0.794. The first kappa shape index (κ1) is 12.1. The van der Waals surface area contributed by atoms with Gasteiger partial charge in [0.2, 0.25) is 0 Å². The highest BCUT2D eigenvalue weighted by Gasteiger charge is 2.29. The van der Waals surface area contributed by atoms with Crippen molar-refractivity contribution < 1.29 is 9.90 Å². The van der Waals surface area contributed by atoms with Crippen LogP contribution in [-0.2, 0) is 0 Å². The van der Waals surface area contributed by atoms with Crippen LogP contribution in [0.5, 0.6) is 0 Å². The summed E-state index contributed by atoms with van der Waals surface area (Å²) < 4.78 is 2.19. The van der Waals surface area contributed by atoms with Crippen molar-refractivity contribution in [2.45, 2.75) is 18.9 Å². The summed E-state index contributed by atoms with van der Waals surface area (Å²) in [6.07, 6.45) is 2.26. The molecule has 4 heteroatoms. The average Bonchev–Trinajstić information content (AvgIpc) is 3.27. The number of hydrogen-bond donors (Lipinski definition) is 1. The number of carboxylic acid groups (broad SMARTS) is 1. The van der Waals surface area contributed by atoms with E-state index in [1.807, 2.05) is 36.4 Å². The third kappa shape index (κ3) is 1.91. The number of carbonyl (C=O) groups is 1. The molecule has 1 aliphatic rings. The molecule has 4 rings (SSSR count). The van der Waals surface area contributed by atoms with Crippen LogP contribution >= 0.6 is 0 Å². The van der Waals surface area contributed by atoms with Gasteiger partial charge in [0.05, 0.1) is 16.6 Å². The van der Waals surface area contributed by atoms with E-state index in [0.717, 1.165) is 29.7 Å². The van der Waals surface area contributed by atoms with E-state index in [-0.39, 0.29) is 0 Å². The van der Waals surface area contributed by atoms with E-state index in [9.17, 15) is 9.90 Å². The molecule has 1 saturated carbocycles. The first-order chi connectivity index (χ1) is 10.3. The number of aromatic carboxylic acids is 1. The zero-order chi connectivity index (χ0) is 14.4. The van der Waals surface area contributed by atoms with Gasteiger partial charge in [0.1, 0.15) is 5.82 Å². The lowest BCUT2D eigenvalue weighted by atomic mass is 10.1. The zero-order valence-corrected chi connectivity index (χ0v) is 11.4. The minimum Gasteiger partial charge on any atom is -0.478 e. The fraction of sp³-hybridized carbons (Fsp3) is 0.176. The Morgan fingerprint density at radius 1 is 1.10 bits per heavy atom. The molecular weight excluding hydrogens is 264 g/mol. The Morgan fingerprint density at radius 3 is 2.57 bits per heavy atom. The lowest BCUT2D eigenvalue weighted by Crippen LogP contribution is -2.04. The molecule has 3 aromatic rings. The summed E-state index contributed by atoms with van der Waals surface area (Å²) >= 11 is 0. The van der Waals surface area contributed by atoms with E-state index in [4.69, 9.17) is 0 Å². The maximum Gasteiger partial charge on any atom is 0.336 e. The molecule has 0 aliphatic heterocycles. The Labute approximate surface area is 121 Å². The van der Waals surface area contributed by atoms with Crippen molar-refractivity contribution in [1.82, 2.24) is 9.55 Å². The van der Waals surface area contributed by atoms with Crippen LogP contribution in [0, 0.1) is 0 Å². The van der Waals surface area contributed by atoms with Gasteiger partial charge >= 0.3 is 5.97 Å². The van der Waals surface area contributed by atoms with Gasteiger partial charge in [-0.1, -0.05) is 30.3 Å². The molecule has 0 radical (unpaired) electrons. The Kier molecular flexibility index (Phi) is 2.57. The van der Waals surface area contributed by atoms with Gasteiger partial charge < -0.3 is 9.67 Å². The van der Waals surface area contributed by atoms with E-state index in [1.54, 1.807) is 12.1 Å². The fourth-order valence-electron chi connectivity index (χ4n) is 2.80. The minimum absolute atomic E-state index is 0.301. The Balaban J connectivity index is 2.03. The summed E-state index contributed by atoms with van der Waals surface area (Å²) in [6.45, 7) is 0. The van der Waals surface area contributed by atoms with Crippen LogP contribution in [0.2, 0.25) is 0 Å². The fourth-order valence-corrected chi connectivity index (χ4v) is 2.80. The molecule has 0 atom stereocenters. The largest absolute Gasteiger partial charge is 0.478 e. The Morgan fingerprint density at radius 2 is 1.81 bits per heavy atom. The molecule has 0 amide bonds. The molecule has 1 aromatic heterocycles. The van der Waals surface area contributed by atoms with E-state index >= 15 is 0 Å². The second kappa shape index (κ2) is 4.45. The van der Waals surface area contributed by atoms with Crippen molar-refractivity contribution in [1.29, 1.82) is 0 Å². The van der Waals surface area contributed by atoms with Crippen molar-refractivity contribution in [2.24, 2.45) is 0 Å². The van der Waals surface area contributed by atoms with Crippen LogP contribution in [-0.4, -0.2) is 20.6 Å². The van der Waals surface area contributed by atoms with E-state index in [1.165, 1.54) is 0 Å². The molecule has 1 fully saturated rings. The smallest absolute Gasteiger partial charge is 0.336 e. The molecule has 1 aliphatic carbocycles. The maximum atomic E-state index is 11.5. The molecule has 1 N–H and O–H groups in total. The molecule has 2 aromatic carbocycles. The number of fused-ring (bicyclic) bond motifs is 1. The van der Waals surface area contributed by atoms with Gasteiger partial charge in [0.15, 0.2) is 0 Å². The summed E-state index contributed by atoms with van der Waals surface area (Å²) in [6, 6.07) is 15.5. The van der Waals surface area contributed by atoms with Gasteiger partial charge in [-0.2, -0.15) is 0 Å². The first-order valence-corrected chi connectivity index (χ1v) is 7.05. The van der Waals surface area contributed by atoms with Gasteiger partial charge in [0, 0.05) is 11.6 Å². The molecule has 0 unspecified atom stereocenters. The van der Waals surface area contributed by atoms with Gasteiger partial charge in [-0.3, -0.25) is 0 Å². The number of hydrogen-bond acceptors (Lipinski definition) is 2. The second-order valence-corrected chi connectivity index (χ2v) is 5.38. The monoisotopic (exact) mass is 278 g/mol. The zero-order valence-electron chi connectivity index (χ0n) is 11.4. The molecule has 0 saturated heterocycles. The van der Waals surface area contributed by atoms with E-state index in [0.29, 0.717) is 17.2 Å². The van der Waals surface area contributed by atoms with Crippen LogP contribution in [0.4, 0.5) is 0 Å². The molecule has 0 bridgehead atoms. The van der Waals surface area contributed by atoms with Gasteiger partial charge in [-0.25, -0.2) is 9.78 Å². The molecule has 21 heavy (non-hydrogen) atoms. The average molecular weight is 278 g/mol. The number of para-hydroxylation sites is 2. The Hall–Kier alpha value is -2.62. The maximum absolute atomic E-state index is 11.5. The summed E-state index contributed by atoms with van der Waals surface area (Å²) in [4.78, 5) is 16.2. The summed E-state index contributed by atoms with van der Waals surface area (Å²) in [7, 11) is 0. The third-order valence-corrected chi connectivity index (χ3v) is 3.91. The number of imidazole rings is 1. The highest BCUT2D eigenvalue weighted by Crippen LogP contribution is 2.41. The van der Waals surface area contributed by atoms with Gasteiger partial charge in [0.25, 0.3) is 0 Å². The number of rotatable bonds is 3. The predicted molar refractivity (Wildman–Crippen MR) is 80.4 cm³/mol. The molecule has 0 spiro atoms. The minimum atomic E-state index is -0.917. The molecule has 104 valence electrons.